The first-order chi connectivity index (χ1) is 8.81. The number of aliphatic hydroxyl groups excluding tert-OH is 1. The molecular formula is C15H23NOS. The highest BCUT2D eigenvalue weighted by molar-refractivity contribution is 7.99. The van der Waals surface area contributed by atoms with Gasteiger partial charge >= 0.3 is 0 Å². The first kappa shape index (κ1) is 13.9. The molecule has 2 N–H and O–H groups in total. The van der Waals surface area contributed by atoms with Crippen molar-refractivity contribution in [3.63, 3.8) is 0 Å². The maximum atomic E-state index is 8.95. The van der Waals surface area contributed by atoms with Crippen LogP contribution >= 0.6 is 11.8 Å². The summed E-state index contributed by atoms with van der Waals surface area (Å²) in [6, 6.07) is 8.75. The smallest absolute Gasteiger partial charge is 0.0456 e. The summed E-state index contributed by atoms with van der Waals surface area (Å²) in [5.74, 6) is 2.32. The Hall–Kier alpha value is -0.510. The van der Waals surface area contributed by atoms with Gasteiger partial charge < -0.3 is 10.4 Å². The third-order valence-electron chi connectivity index (χ3n) is 3.55. The molecule has 0 saturated heterocycles. The predicted molar refractivity (Wildman–Crippen MR) is 78.3 cm³/mol. The van der Waals surface area contributed by atoms with Crippen LogP contribution in [0.5, 0.6) is 0 Å². The maximum absolute atomic E-state index is 8.95. The van der Waals surface area contributed by atoms with E-state index in [0.29, 0.717) is 18.4 Å². The lowest BCUT2D eigenvalue weighted by Gasteiger charge is -2.13. The molecule has 0 aliphatic carbocycles. The molecule has 1 aromatic carbocycles. The van der Waals surface area contributed by atoms with Gasteiger partial charge in [-0.15, -0.1) is 11.8 Å². The van der Waals surface area contributed by atoms with Crippen molar-refractivity contribution in [1.29, 1.82) is 0 Å². The van der Waals surface area contributed by atoms with Gasteiger partial charge in [-0.05, 0) is 36.9 Å². The Morgan fingerprint density at radius 3 is 3.11 bits per heavy atom. The normalized spacial score (nSPS) is 19.8. The van der Waals surface area contributed by atoms with E-state index in [-0.39, 0.29) is 0 Å². The van der Waals surface area contributed by atoms with Gasteiger partial charge in [-0.3, -0.25) is 0 Å². The Balaban J connectivity index is 1.67. The fourth-order valence-corrected chi connectivity index (χ4v) is 3.60. The number of hydrogen-bond acceptors (Lipinski definition) is 3. The van der Waals surface area contributed by atoms with Crippen molar-refractivity contribution >= 4 is 11.8 Å². The summed E-state index contributed by atoms with van der Waals surface area (Å²) in [6.07, 6.45) is 2.27. The van der Waals surface area contributed by atoms with E-state index in [2.05, 4.69) is 36.5 Å². The molecule has 3 heteroatoms. The van der Waals surface area contributed by atoms with E-state index in [1.807, 2.05) is 11.8 Å². The molecule has 1 aliphatic rings. The standard InChI is InChI=1S/C15H23NOS/c1-12(10-17)5-4-8-16-9-13-11-18-15-7-3-2-6-14(13)15/h2-3,6-7,12-13,16-17H,4-5,8-11H2,1H3. The van der Waals surface area contributed by atoms with Gasteiger partial charge in [-0.2, -0.15) is 0 Å². The lowest BCUT2D eigenvalue weighted by atomic mass is 10.0. The molecule has 100 valence electrons. The molecular weight excluding hydrogens is 242 g/mol. The molecule has 1 aliphatic heterocycles. The summed E-state index contributed by atoms with van der Waals surface area (Å²) >= 11 is 1.98. The number of nitrogens with one attached hydrogen (secondary N) is 1. The van der Waals surface area contributed by atoms with Gasteiger partial charge in [0, 0.05) is 29.7 Å². The van der Waals surface area contributed by atoms with E-state index in [4.69, 9.17) is 5.11 Å². The topological polar surface area (TPSA) is 32.3 Å². The Labute approximate surface area is 114 Å². The molecule has 0 aromatic heterocycles. The van der Waals surface area contributed by atoms with Crippen LogP contribution in [-0.2, 0) is 0 Å². The molecule has 18 heavy (non-hydrogen) atoms. The molecule has 0 spiro atoms. The molecule has 1 heterocycles. The van der Waals surface area contributed by atoms with Gasteiger partial charge in [0.1, 0.15) is 0 Å². The lowest BCUT2D eigenvalue weighted by Crippen LogP contribution is -2.23. The second-order valence-corrected chi connectivity index (χ2v) is 6.24. The van der Waals surface area contributed by atoms with Gasteiger partial charge in [0.15, 0.2) is 0 Å². The van der Waals surface area contributed by atoms with Crippen molar-refractivity contribution in [1.82, 2.24) is 5.32 Å². The highest BCUT2D eigenvalue weighted by Crippen LogP contribution is 2.38. The Morgan fingerprint density at radius 2 is 2.28 bits per heavy atom. The average Bonchev–Trinajstić information content (AvgIpc) is 2.81. The van der Waals surface area contributed by atoms with E-state index in [0.717, 1.165) is 25.9 Å². The van der Waals surface area contributed by atoms with Crippen LogP contribution in [0.25, 0.3) is 0 Å². The summed E-state index contributed by atoms with van der Waals surface area (Å²) < 4.78 is 0. The van der Waals surface area contributed by atoms with Gasteiger partial charge in [0.05, 0.1) is 0 Å². The predicted octanol–water partition coefficient (Wildman–Crippen LogP) is 2.87. The van der Waals surface area contributed by atoms with Crippen molar-refractivity contribution in [3.8, 4) is 0 Å². The number of hydrogen-bond donors (Lipinski definition) is 2. The molecule has 0 saturated carbocycles. The molecule has 0 bridgehead atoms. The minimum absolute atomic E-state index is 0.312. The number of thioether (sulfide) groups is 1. The van der Waals surface area contributed by atoms with Crippen molar-refractivity contribution in [2.75, 3.05) is 25.4 Å². The van der Waals surface area contributed by atoms with Gasteiger partial charge in [-0.1, -0.05) is 25.1 Å². The second kappa shape index (κ2) is 7.17. The molecule has 1 aromatic rings. The van der Waals surface area contributed by atoms with Crippen LogP contribution in [0.1, 0.15) is 31.2 Å². The summed E-state index contributed by atoms with van der Waals surface area (Å²) in [4.78, 5) is 1.46. The molecule has 2 nitrogen and oxygen atoms in total. The minimum Gasteiger partial charge on any atom is -0.396 e. The Bertz CT molecular complexity index is 369. The average molecular weight is 265 g/mol. The van der Waals surface area contributed by atoms with Crippen LogP contribution in [0.3, 0.4) is 0 Å². The van der Waals surface area contributed by atoms with E-state index in [1.165, 1.54) is 16.2 Å². The fraction of sp³-hybridized carbons (Fsp3) is 0.600. The number of benzene rings is 1. The van der Waals surface area contributed by atoms with Crippen molar-refractivity contribution in [2.45, 2.75) is 30.6 Å². The fourth-order valence-electron chi connectivity index (χ4n) is 2.34. The third-order valence-corrected chi connectivity index (χ3v) is 4.80. The number of aliphatic hydroxyl groups is 1. The Kier molecular flexibility index (Phi) is 5.54. The minimum atomic E-state index is 0.312. The highest BCUT2D eigenvalue weighted by atomic mass is 32.2. The quantitative estimate of drug-likeness (QED) is 0.744. The van der Waals surface area contributed by atoms with Crippen LogP contribution in [0.4, 0.5) is 0 Å². The monoisotopic (exact) mass is 265 g/mol. The van der Waals surface area contributed by atoms with Crippen LogP contribution < -0.4 is 5.32 Å². The van der Waals surface area contributed by atoms with Crippen molar-refractivity contribution < 1.29 is 5.11 Å². The van der Waals surface area contributed by atoms with Gasteiger partial charge in [-0.25, -0.2) is 0 Å². The molecule has 2 unspecified atom stereocenters. The first-order valence-electron chi connectivity index (χ1n) is 6.84. The molecule has 0 radical (unpaired) electrons. The highest BCUT2D eigenvalue weighted by Gasteiger charge is 2.21. The number of rotatable bonds is 7. The summed E-state index contributed by atoms with van der Waals surface area (Å²) in [5.41, 5.74) is 1.51. The zero-order valence-electron chi connectivity index (χ0n) is 11.1. The molecule has 0 amide bonds. The second-order valence-electron chi connectivity index (χ2n) is 5.18. The van der Waals surface area contributed by atoms with Crippen molar-refractivity contribution in [2.24, 2.45) is 5.92 Å². The zero-order chi connectivity index (χ0) is 12.8. The Morgan fingerprint density at radius 1 is 1.44 bits per heavy atom. The van der Waals surface area contributed by atoms with E-state index in [1.54, 1.807) is 0 Å². The SMILES string of the molecule is CC(CO)CCCNCC1CSc2ccccc21. The summed E-state index contributed by atoms with van der Waals surface area (Å²) in [6.45, 7) is 4.56. The summed E-state index contributed by atoms with van der Waals surface area (Å²) in [5, 5.41) is 12.5. The van der Waals surface area contributed by atoms with Crippen LogP contribution in [0.15, 0.2) is 29.2 Å². The van der Waals surface area contributed by atoms with Crippen LogP contribution in [-0.4, -0.2) is 30.6 Å². The van der Waals surface area contributed by atoms with Crippen molar-refractivity contribution in [3.05, 3.63) is 29.8 Å². The molecule has 0 fully saturated rings. The maximum Gasteiger partial charge on any atom is 0.0456 e. The molecule has 2 rings (SSSR count). The zero-order valence-corrected chi connectivity index (χ0v) is 11.9. The molecule has 2 atom stereocenters. The lowest BCUT2D eigenvalue weighted by molar-refractivity contribution is 0.228. The van der Waals surface area contributed by atoms with E-state index >= 15 is 0 Å². The van der Waals surface area contributed by atoms with Crippen LogP contribution in [0, 0.1) is 5.92 Å². The first-order valence-corrected chi connectivity index (χ1v) is 7.83. The van der Waals surface area contributed by atoms with Crippen LogP contribution in [0.2, 0.25) is 0 Å². The third kappa shape index (κ3) is 3.74. The van der Waals surface area contributed by atoms with Gasteiger partial charge in [0.25, 0.3) is 0 Å². The van der Waals surface area contributed by atoms with Gasteiger partial charge in [0.2, 0.25) is 0 Å². The summed E-state index contributed by atoms with van der Waals surface area (Å²) in [7, 11) is 0. The largest absolute Gasteiger partial charge is 0.396 e. The number of fused-ring (bicyclic) bond motifs is 1. The van der Waals surface area contributed by atoms with E-state index < -0.39 is 0 Å². The van der Waals surface area contributed by atoms with E-state index in [9.17, 15) is 0 Å².